The van der Waals surface area contributed by atoms with Crippen molar-refractivity contribution in [1.29, 1.82) is 0 Å². The minimum Gasteiger partial charge on any atom is -0.370 e. The predicted molar refractivity (Wildman–Crippen MR) is 52.2 cm³/mol. The van der Waals surface area contributed by atoms with Gasteiger partial charge in [0, 0.05) is 6.54 Å². The van der Waals surface area contributed by atoms with E-state index in [-0.39, 0.29) is 5.54 Å². The van der Waals surface area contributed by atoms with E-state index in [4.69, 9.17) is 5.73 Å². The third kappa shape index (κ3) is 1.40. The number of aliphatic imine (C=N–C) groups is 1. The summed E-state index contributed by atoms with van der Waals surface area (Å²) in [6, 6.07) is 0. The Balaban J connectivity index is 2.69. The van der Waals surface area contributed by atoms with Crippen molar-refractivity contribution in [2.24, 2.45) is 10.7 Å². The molecule has 1 rings (SSSR count). The highest BCUT2D eigenvalue weighted by Crippen LogP contribution is 2.25. The van der Waals surface area contributed by atoms with E-state index in [0.29, 0.717) is 5.96 Å². The monoisotopic (exact) mass is 169 g/mol. The zero-order valence-corrected chi connectivity index (χ0v) is 8.30. The fraction of sp³-hybridized carbons (Fsp3) is 0.889. The SMILES string of the molecule is CCCC1(C)CN=C(N)N1CC. The van der Waals surface area contributed by atoms with Crippen LogP contribution in [0.15, 0.2) is 4.99 Å². The number of nitrogens with two attached hydrogens (primary N) is 1. The second-order valence-electron chi connectivity index (χ2n) is 3.67. The van der Waals surface area contributed by atoms with E-state index in [1.165, 1.54) is 12.8 Å². The Labute approximate surface area is 74.6 Å². The van der Waals surface area contributed by atoms with E-state index in [1.54, 1.807) is 0 Å². The van der Waals surface area contributed by atoms with Crippen LogP contribution >= 0.6 is 0 Å². The van der Waals surface area contributed by atoms with Crippen molar-refractivity contribution in [3.63, 3.8) is 0 Å². The molecule has 0 saturated heterocycles. The Bertz CT molecular complexity index is 188. The van der Waals surface area contributed by atoms with Gasteiger partial charge in [-0.15, -0.1) is 0 Å². The molecular weight excluding hydrogens is 150 g/mol. The van der Waals surface area contributed by atoms with Crippen LogP contribution in [0.1, 0.15) is 33.6 Å². The van der Waals surface area contributed by atoms with Crippen LogP contribution < -0.4 is 5.73 Å². The minimum absolute atomic E-state index is 0.188. The number of rotatable bonds is 3. The van der Waals surface area contributed by atoms with Gasteiger partial charge in [-0.25, -0.2) is 0 Å². The average molecular weight is 169 g/mol. The van der Waals surface area contributed by atoms with Gasteiger partial charge in [0.1, 0.15) is 0 Å². The molecule has 3 heteroatoms. The normalized spacial score (nSPS) is 29.2. The molecule has 1 unspecified atom stereocenters. The summed E-state index contributed by atoms with van der Waals surface area (Å²) in [5.41, 5.74) is 5.96. The van der Waals surface area contributed by atoms with Crippen LogP contribution in [0.5, 0.6) is 0 Å². The van der Waals surface area contributed by atoms with Gasteiger partial charge < -0.3 is 10.6 Å². The van der Waals surface area contributed by atoms with Crippen molar-refractivity contribution in [2.45, 2.75) is 39.2 Å². The van der Waals surface area contributed by atoms with Gasteiger partial charge in [0.05, 0.1) is 12.1 Å². The maximum atomic E-state index is 5.77. The number of hydrogen-bond donors (Lipinski definition) is 1. The Morgan fingerprint density at radius 1 is 1.58 bits per heavy atom. The molecule has 0 saturated carbocycles. The summed E-state index contributed by atoms with van der Waals surface area (Å²) in [5, 5.41) is 0. The van der Waals surface area contributed by atoms with Crippen LogP contribution in [-0.2, 0) is 0 Å². The first-order chi connectivity index (χ1) is 5.64. The summed E-state index contributed by atoms with van der Waals surface area (Å²) in [4.78, 5) is 6.49. The molecule has 0 bridgehead atoms. The molecule has 3 nitrogen and oxygen atoms in total. The third-order valence-corrected chi connectivity index (χ3v) is 2.61. The van der Waals surface area contributed by atoms with Crippen LogP contribution in [0, 0.1) is 0 Å². The summed E-state index contributed by atoms with van der Waals surface area (Å²) in [5.74, 6) is 0.716. The molecule has 0 aromatic carbocycles. The van der Waals surface area contributed by atoms with Crippen molar-refractivity contribution in [1.82, 2.24) is 4.90 Å². The van der Waals surface area contributed by atoms with Gasteiger partial charge in [0.2, 0.25) is 0 Å². The highest BCUT2D eigenvalue weighted by Gasteiger charge is 2.35. The summed E-state index contributed by atoms with van der Waals surface area (Å²) in [6.45, 7) is 8.39. The first-order valence-electron chi connectivity index (χ1n) is 4.71. The minimum atomic E-state index is 0.188. The van der Waals surface area contributed by atoms with Crippen molar-refractivity contribution in [3.05, 3.63) is 0 Å². The predicted octanol–water partition coefficient (Wildman–Crippen LogP) is 1.20. The highest BCUT2D eigenvalue weighted by molar-refractivity contribution is 5.80. The summed E-state index contributed by atoms with van der Waals surface area (Å²) < 4.78 is 0. The fourth-order valence-corrected chi connectivity index (χ4v) is 1.99. The van der Waals surface area contributed by atoms with E-state index in [2.05, 4.69) is 30.7 Å². The zero-order valence-electron chi connectivity index (χ0n) is 8.30. The van der Waals surface area contributed by atoms with Crippen molar-refractivity contribution >= 4 is 5.96 Å². The molecule has 70 valence electrons. The maximum absolute atomic E-state index is 5.77. The Kier molecular flexibility index (Phi) is 2.60. The molecule has 0 aliphatic carbocycles. The molecule has 12 heavy (non-hydrogen) atoms. The second kappa shape index (κ2) is 3.33. The van der Waals surface area contributed by atoms with Crippen LogP contribution in [0.3, 0.4) is 0 Å². The Hall–Kier alpha value is -0.730. The molecule has 1 aliphatic rings. The Morgan fingerprint density at radius 3 is 2.75 bits per heavy atom. The first-order valence-corrected chi connectivity index (χ1v) is 4.71. The fourth-order valence-electron chi connectivity index (χ4n) is 1.99. The molecule has 0 aromatic heterocycles. The Morgan fingerprint density at radius 2 is 2.25 bits per heavy atom. The van der Waals surface area contributed by atoms with Crippen molar-refractivity contribution < 1.29 is 0 Å². The lowest BCUT2D eigenvalue weighted by molar-refractivity contribution is 0.214. The van der Waals surface area contributed by atoms with E-state index < -0.39 is 0 Å². The molecule has 0 radical (unpaired) electrons. The summed E-state index contributed by atoms with van der Waals surface area (Å²) in [7, 11) is 0. The van der Waals surface area contributed by atoms with Gasteiger partial charge in [0.25, 0.3) is 0 Å². The first kappa shape index (κ1) is 9.36. The van der Waals surface area contributed by atoms with E-state index >= 15 is 0 Å². The smallest absolute Gasteiger partial charge is 0.191 e. The molecule has 2 N–H and O–H groups in total. The van der Waals surface area contributed by atoms with Crippen LogP contribution in [0.4, 0.5) is 0 Å². The van der Waals surface area contributed by atoms with E-state index in [1.807, 2.05) is 0 Å². The van der Waals surface area contributed by atoms with Gasteiger partial charge in [-0.3, -0.25) is 4.99 Å². The highest BCUT2D eigenvalue weighted by atomic mass is 15.3. The molecule has 0 aromatic rings. The van der Waals surface area contributed by atoms with Crippen molar-refractivity contribution in [3.8, 4) is 0 Å². The number of hydrogen-bond acceptors (Lipinski definition) is 3. The van der Waals surface area contributed by atoms with Gasteiger partial charge in [0.15, 0.2) is 5.96 Å². The van der Waals surface area contributed by atoms with Gasteiger partial charge in [-0.2, -0.15) is 0 Å². The molecule has 1 atom stereocenters. The third-order valence-electron chi connectivity index (χ3n) is 2.61. The van der Waals surface area contributed by atoms with E-state index in [9.17, 15) is 0 Å². The molecule has 0 spiro atoms. The van der Waals surface area contributed by atoms with Gasteiger partial charge in [-0.1, -0.05) is 13.3 Å². The molecule has 1 aliphatic heterocycles. The van der Waals surface area contributed by atoms with E-state index in [0.717, 1.165) is 13.1 Å². The average Bonchev–Trinajstić information content (AvgIpc) is 2.28. The zero-order chi connectivity index (χ0) is 9.19. The standard InChI is InChI=1S/C9H19N3/c1-4-6-9(3)7-11-8(10)12(9)5-2/h4-7H2,1-3H3,(H2,10,11). The lowest BCUT2D eigenvalue weighted by Gasteiger charge is -2.35. The molecule has 0 fully saturated rings. The van der Waals surface area contributed by atoms with Gasteiger partial charge in [-0.05, 0) is 20.3 Å². The van der Waals surface area contributed by atoms with Gasteiger partial charge >= 0.3 is 0 Å². The van der Waals surface area contributed by atoms with Crippen LogP contribution in [0.2, 0.25) is 0 Å². The quantitative estimate of drug-likeness (QED) is 0.689. The second-order valence-corrected chi connectivity index (χ2v) is 3.67. The lowest BCUT2D eigenvalue weighted by Crippen LogP contribution is -2.49. The van der Waals surface area contributed by atoms with Crippen LogP contribution in [0.25, 0.3) is 0 Å². The maximum Gasteiger partial charge on any atom is 0.191 e. The topological polar surface area (TPSA) is 41.6 Å². The number of likely N-dealkylation sites (N-methyl/N-ethyl adjacent to an activating group) is 1. The number of nitrogens with zero attached hydrogens (tertiary/aromatic N) is 2. The molecule has 1 heterocycles. The molecular formula is C9H19N3. The largest absolute Gasteiger partial charge is 0.370 e. The number of guanidine groups is 1. The summed E-state index contributed by atoms with van der Waals surface area (Å²) in [6.07, 6.45) is 2.36. The van der Waals surface area contributed by atoms with Crippen molar-refractivity contribution in [2.75, 3.05) is 13.1 Å². The lowest BCUT2D eigenvalue weighted by atomic mass is 9.95. The molecule has 0 amide bonds. The van der Waals surface area contributed by atoms with Crippen LogP contribution in [-0.4, -0.2) is 29.5 Å². The summed E-state index contributed by atoms with van der Waals surface area (Å²) >= 11 is 0.